The molecule has 2 amide bonds. The monoisotopic (exact) mass is 354 g/mol. The maximum absolute atomic E-state index is 13.2. The van der Waals surface area contributed by atoms with Crippen molar-refractivity contribution in [2.45, 2.75) is 26.2 Å². The molecule has 1 atom stereocenters. The van der Waals surface area contributed by atoms with Gasteiger partial charge in [-0.1, -0.05) is 0 Å². The average Bonchev–Trinajstić information content (AvgIpc) is 3.20. The Hall–Kier alpha value is -2.77. The van der Waals surface area contributed by atoms with Crippen LogP contribution in [0.5, 0.6) is 0 Å². The normalized spacial score (nSPS) is 23.1. The summed E-state index contributed by atoms with van der Waals surface area (Å²) in [5.74, 6) is -0.0535. The predicted molar refractivity (Wildman–Crippen MR) is 94.5 cm³/mol. The average molecular weight is 354 g/mol. The van der Waals surface area contributed by atoms with Gasteiger partial charge in [0.25, 0.3) is 5.91 Å². The number of carbonyl (C=O) groups is 2. The van der Waals surface area contributed by atoms with Crippen molar-refractivity contribution in [1.82, 2.24) is 24.6 Å². The fraction of sp³-hybridized carbons (Fsp3) is 0.500. The third-order valence-corrected chi connectivity index (χ3v) is 5.38. The third kappa shape index (κ3) is 2.75. The van der Waals surface area contributed by atoms with Gasteiger partial charge >= 0.3 is 0 Å². The smallest absolute Gasteiger partial charge is 0.274 e. The zero-order valence-electron chi connectivity index (χ0n) is 15.1. The molecule has 4 rings (SSSR count). The topological polar surface area (TPSA) is 84.2 Å². The van der Waals surface area contributed by atoms with E-state index in [1.165, 1.54) is 6.20 Å². The predicted octanol–water partition coefficient (Wildman–Crippen LogP) is 1.18. The van der Waals surface area contributed by atoms with Crippen LogP contribution in [-0.4, -0.2) is 56.1 Å². The quantitative estimate of drug-likeness (QED) is 0.808. The van der Waals surface area contributed by atoms with Crippen molar-refractivity contribution >= 4 is 17.5 Å². The van der Waals surface area contributed by atoms with Crippen molar-refractivity contribution in [3.8, 4) is 0 Å². The number of amides is 2. The minimum atomic E-state index is -0.498. The fourth-order valence-corrected chi connectivity index (χ4v) is 3.96. The van der Waals surface area contributed by atoms with E-state index in [1.54, 1.807) is 26.9 Å². The van der Waals surface area contributed by atoms with Crippen molar-refractivity contribution in [2.75, 3.05) is 24.5 Å². The highest BCUT2D eigenvalue weighted by atomic mass is 16.2. The molecule has 0 bridgehead atoms. The fourth-order valence-electron chi connectivity index (χ4n) is 3.96. The van der Waals surface area contributed by atoms with Crippen molar-refractivity contribution < 1.29 is 9.59 Å². The Balaban J connectivity index is 1.53. The van der Waals surface area contributed by atoms with Crippen LogP contribution >= 0.6 is 0 Å². The summed E-state index contributed by atoms with van der Waals surface area (Å²) in [5, 5.41) is 4.16. The largest absolute Gasteiger partial charge is 0.336 e. The van der Waals surface area contributed by atoms with Gasteiger partial charge in [-0.05, 0) is 26.2 Å². The standard InChI is InChI=1S/C18H22N6O2/c1-13-8-20-15(10-19-13)16(25)23-6-3-4-18(12-23)5-7-24(17(18)26)14-9-21-22(2)11-14/h8-11H,3-7,12H2,1-2H3. The van der Waals surface area contributed by atoms with E-state index in [1.807, 2.05) is 20.2 Å². The lowest BCUT2D eigenvalue weighted by atomic mass is 9.78. The highest BCUT2D eigenvalue weighted by molar-refractivity contribution is 6.00. The Labute approximate surface area is 151 Å². The molecule has 2 saturated heterocycles. The molecule has 2 aliphatic rings. The SMILES string of the molecule is Cc1cnc(C(=O)N2CCCC3(CCN(c4cnn(C)c4)C3=O)C2)cn1. The molecule has 2 aromatic heterocycles. The van der Waals surface area contributed by atoms with Crippen LogP contribution in [0, 0.1) is 12.3 Å². The number of aromatic nitrogens is 4. The van der Waals surface area contributed by atoms with E-state index in [0.717, 1.165) is 30.6 Å². The molecule has 8 heteroatoms. The van der Waals surface area contributed by atoms with Crippen LogP contribution in [0.1, 0.15) is 35.4 Å². The first-order valence-corrected chi connectivity index (χ1v) is 8.87. The van der Waals surface area contributed by atoms with Crippen LogP contribution < -0.4 is 4.90 Å². The van der Waals surface area contributed by atoms with E-state index in [0.29, 0.717) is 25.3 Å². The lowest BCUT2D eigenvalue weighted by Crippen LogP contribution is -2.50. The Bertz CT molecular complexity index is 846. The number of hydrogen-bond acceptors (Lipinski definition) is 5. The number of rotatable bonds is 2. The second-order valence-corrected chi connectivity index (χ2v) is 7.23. The number of piperidine rings is 1. The minimum Gasteiger partial charge on any atom is -0.336 e. The molecule has 2 aliphatic heterocycles. The van der Waals surface area contributed by atoms with Gasteiger partial charge in [0.1, 0.15) is 5.69 Å². The summed E-state index contributed by atoms with van der Waals surface area (Å²) in [6, 6.07) is 0. The molecule has 0 aliphatic carbocycles. The van der Waals surface area contributed by atoms with Gasteiger partial charge in [0.15, 0.2) is 0 Å². The van der Waals surface area contributed by atoms with Gasteiger partial charge in [-0.3, -0.25) is 19.3 Å². The Morgan fingerprint density at radius 3 is 2.69 bits per heavy atom. The van der Waals surface area contributed by atoms with E-state index in [-0.39, 0.29) is 11.8 Å². The molecule has 0 saturated carbocycles. The molecule has 26 heavy (non-hydrogen) atoms. The van der Waals surface area contributed by atoms with Gasteiger partial charge in [-0.15, -0.1) is 0 Å². The van der Waals surface area contributed by atoms with Gasteiger partial charge < -0.3 is 9.80 Å². The second kappa shape index (κ2) is 6.19. The van der Waals surface area contributed by atoms with Crippen molar-refractivity contribution in [1.29, 1.82) is 0 Å². The van der Waals surface area contributed by atoms with Crippen molar-refractivity contribution in [3.05, 3.63) is 36.2 Å². The molecular weight excluding hydrogens is 332 g/mol. The van der Waals surface area contributed by atoms with E-state index in [4.69, 9.17) is 0 Å². The molecule has 136 valence electrons. The maximum atomic E-state index is 13.2. The second-order valence-electron chi connectivity index (χ2n) is 7.23. The van der Waals surface area contributed by atoms with E-state index < -0.39 is 5.41 Å². The zero-order chi connectivity index (χ0) is 18.3. The van der Waals surface area contributed by atoms with Gasteiger partial charge in [-0.2, -0.15) is 5.10 Å². The maximum Gasteiger partial charge on any atom is 0.274 e. The van der Waals surface area contributed by atoms with Crippen LogP contribution in [0.3, 0.4) is 0 Å². The lowest BCUT2D eigenvalue weighted by molar-refractivity contribution is -0.127. The highest BCUT2D eigenvalue weighted by Crippen LogP contribution is 2.42. The summed E-state index contributed by atoms with van der Waals surface area (Å²) in [5.41, 5.74) is 1.43. The summed E-state index contributed by atoms with van der Waals surface area (Å²) in [6.45, 7) is 3.59. The molecular formula is C18H22N6O2. The Morgan fingerprint density at radius 1 is 1.15 bits per heavy atom. The highest BCUT2D eigenvalue weighted by Gasteiger charge is 2.50. The number of anilines is 1. The minimum absolute atomic E-state index is 0.0954. The molecule has 0 aromatic carbocycles. The molecule has 4 heterocycles. The van der Waals surface area contributed by atoms with Gasteiger partial charge in [-0.25, -0.2) is 4.98 Å². The first-order chi connectivity index (χ1) is 12.5. The van der Waals surface area contributed by atoms with Crippen molar-refractivity contribution in [3.63, 3.8) is 0 Å². The van der Waals surface area contributed by atoms with Crippen LogP contribution in [-0.2, 0) is 11.8 Å². The van der Waals surface area contributed by atoms with E-state index in [9.17, 15) is 9.59 Å². The zero-order valence-corrected chi connectivity index (χ0v) is 15.1. The number of nitrogens with zero attached hydrogens (tertiary/aromatic N) is 6. The number of likely N-dealkylation sites (tertiary alicyclic amines) is 1. The van der Waals surface area contributed by atoms with Gasteiger partial charge in [0.05, 0.1) is 29.2 Å². The van der Waals surface area contributed by atoms with E-state index in [2.05, 4.69) is 15.1 Å². The van der Waals surface area contributed by atoms with Crippen LogP contribution in [0.2, 0.25) is 0 Å². The molecule has 2 aromatic rings. The molecule has 1 unspecified atom stereocenters. The molecule has 0 N–H and O–H groups in total. The lowest BCUT2D eigenvalue weighted by Gasteiger charge is -2.38. The van der Waals surface area contributed by atoms with Crippen LogP contribution in [0.15, 0.2) is 24.8 Å². The molecule has 1 spiro atoms. The van der Waals surface area contributed by atoms with Crippen LogP contribution in [0.25, 0.3) is 0 Å². The molecule has 8 nitrogen and oxygen atoms in total. The summed E-state index contributed by atoms with van der Waals surface area (Å²) in [4.78, 5) is 37.9. The van der Waals surface area contributed by atoms with Crippen LogP contribution in [0.4, 0.5) is 5.69 Å². The Morgan fingerprint density at radius 2 is 2.00 bits per heavy atom. The molecule has 0 radical (unpaired) electrons. The number of carbonyl (C=O) groups excluding carboxylic acids is 2. The number of hydrogen-bond donors (Lipinski definition) is 0. The third-order valence-electron chi connectivity index (χ3n) is 5.38. The van der Waals surface area contributed by atoms with E-state index >= 15 is 0 Å². The first-order valence-electron chi connectivity index (χ1n) is 8.87. The van der Waals surface area contributed by atoms with Gasteiger partial charge in [0, 0.05) is 39.1 Å². The first kappa shape index (κ1) is 16.7. The van der Waals surface area contributed by atoms with Crippen molar-refractivity contribution in [2.24, 2.45) is 12.5 Å². The molecule has 2 fully saturated rings. The summed E-state index contributed by atoms with van der Waals surface area (Å²) in [6.07, 6.45) is 9.05. The summed E-state index contributed by atoms with van der Waals surface area (Å²) < 4.78 is 1.69. The summed E-state index contributed by atoms with van der Waals surface area (Å²) in [7, 11) is 1.84. The Kier molecular flexibility index (Phi) is 3.97. The summed E-state index contributed by atoms with van der Waals surface area (Å²) >= 11 is 0. The van der Waals surface area contributed by atoms with Gasteiger partial charge in [0.2, 0.25) is 5.91 Å². The number of aryl methyl sites for hydroxylation is 2.